The Bertz CT molecular complexity index is 1260. The van der Waals surface area contributed by atoms with Crippen molar-refractivity contribution in [1.82, 2.24) is 15.2 Å². The van der Waals surface area contributed by atoms with E-state index in [1.165, 1.54) is 0 Å². The van der Waals surface area contributed by atoms with E-state index in [0.717, 1.165) is 27.7 Å². The van der Waals surface area contributed by atoms with Crippen molar-refractivity contribution in [2.24, 2.45) is 5.73 Å². The number of likely N-dealkylation sites (N-methyl/N-ethyl adjacent to an activating group) is 1. The van der Waals surface area contributed by atoms with Crippen molar-refractivity contribution in [3.05, 3.63) is 65.4 Å². The maximum absolute atomic E-state index is 12.9. The number of nitrogens with zero attached hydrogens (tertiary/aromatic N) is 2. The molecule has 1 fully saturated rings. The molecule has 0 aliphatic carbocycles. The van der Waals surface area contributed by atoms with Gasteiger partial charge in [-0.25, -0.2) is 0 Å². The molecule has 4 N–H and O–H groups in total. The Morgan fingerprint density at radius 3 is 2.74 bits per heavy atom. The molecule has 0 radical (unpaired) electrons. The number of rotatable bonds is 5. The number of aromatic nitrogens is 1. The lowest BCUT2D eigenvalue weighted by molar-refractivity contribution is -0.133. The van der Waals surface area contributed by atoms with Gasteiger partial charge in [0.05, 0.1) is 12.5 Å². The van der Waals surface area contributed by atoms with Gasteiger partial charge in [0.1, 0.15) is 0 Å². The summed E-state index contributed by atoms with van der Waals surface area (Å²) >= 11 is 0. The van der Waals surface area contributed by atoms with Crippen LogP contribution in [-0.2, 0) is 22.4 Å². The second-order valence-corrected chi connectivity index (χ2v) is 9.22. The highest BCUT2D eigenvalue weighted by Gasteiger charge is 2.29. The minimum Gasteiger partial charge on any atom is -0.361 e. The standard InChI is InChI=1S/C26H29N5O3/c1-30-23-7-6-16(12-17(23)14-24(30)32)25(33)29-19-8-10-31(11-9-19)26(34)21(27)13-18-15-28-22-5-3-2-4-20(18)22/h2-7,12,15,19,21,28H,8-11,13-14,27H2,1H3,(H,29,33)/t21-/m0/s1. The van der Waals surface area contributed by atoms with Crippen LogP contribution in [0.5, 0.6) is 0 Å². The molecule has 2 aliphatic rings. The first kappa shape index (κ1) is 22.2. The SMILES string of the molecule is CN1C(=O)Cc2cc(C(=O)NC3CCN(C(=O)[C@@H](N)Cc4c[nH]c5ccccc45)CC3)ccc21. The van der Waals surface area contributed by atoms with E-state index < -0.39 is 6.04 Å². The van der Waals surface area contributed by atoms with Crippen molar-refractivity contribution in [2.75, 3.05) is 25.0 Å². The smallest absolute Gasteiger partial charge is 0.251 e. The number of aromatic amines is 1. The minimum absolute atomic E-state index is 0.000970. The number of carbonyl (C=O) groups is 3. The van der Waals surface area contributed by atoms with E-state index in [1.807, 2.05) is 36.5 Å². The summed E-state index contributed by atoms with van der Waals surface area (Å²) in [6.45, 7) is 1.13. The van der Waals surface area contributed by atoms with Gasteiger partial charge in [-0.3, -0.25) is 14.4 Å². The fourth-order valence-electron chi connectivity index (χ4n) is 4.98. The largest absolute Gasteiger partial charge is 0.361 e. The van der Waals surface area contributed by atoms with E-state index in [1.54, 1.807) is 29.0 Å². The summed E-state index contributed by atoms with van der Waals surface area (Å²) in [5, 5.41) is 4.18. The molecule has 5 rings (SSSR count). The zero-order chi connectivity index (χ0) is 23.8. The number of hydrogen-bond donors (Lipinski definition) is 3. The number of amides is 3. The van der Waals surface area contributed by atoms with Crippen LogP contribution in [0, 0.1) is 0 Å². The molecule has 1 aromatic heterocycles. The van der Waals surface area contributed by atoms with Gasteiger partial charge in [-0.2, -0.15) is 0 Å². The van der Waals surface area contributed by atoms with Gasteiger partial charge in [-0.1, -0.05) is 18.2 Å². The van der Waals surface area contributed by atoms with E-state index in [-0.39, 0.29) is 23.8 Å². The Hall–Kier alpha value is -3.65. The molecule has 8 nitrogen and oxygen atoms in total. The number of likely N-dealkylation sites (tertiary alicyclic amines) is 1. The Balaban J connectivity index is 1.14. The predicted octanol–water partition coefficient (Wildman–Crippen LogP) is 1.98. The number of para-hydroxylation sites is 1. The Kier molecular flexibility index (Phi) is 5.83. The molecule has 34 heavy (non-hydrogen) atoms. The van der Waals surface area contributed by atoms with Crippen LogP contribution < -0.4 is 16.0 Å². The van der Waals surface area contributed by atoms with Crippen molar-refractivity contribution < 1.29 is 14.4 Å². The normalized spacial score (nSPS) is 17.2. The van der Waals surface area contributed by atoms with Crippen LogP contribution in [0.2, 0.25) is 0 Å². The Labute approximate surface area is 198 Å². The maximum atomic E-state index is 12.9. The number of carbonyl (C=O) groups excluding carboxylic acids is 3. The van der Waals surface area contributed by atoms with E-state index in [2.05, 4.69) is 10.3 Å². The van der Waals surface area contributed by atoms with Crippen LogP contribution in [0.25, 0.3) is 10.9 Å². The van der Waals surface area contributed by atoms with Crippen LogP contribution >= 0.6 is 0 Å². The molecule has 2 aromatic carbocycles. The molecule has 1 saturated heterocycles. The molecule has 176 valence electrons. The molecule has 1 atom stereocenters. The lowest BCUT2D eigenvalue weighted by Gasteiger charge is -2.34. The topological polar surface area (TPSA) is 112 Å². The van der Waals surface area contributed by atoms with E-state index in [9.17, 15) is 14.4 Å². The first-order valence-corrected chi connectivity index (χ1v) is 11.7. The summed E-state index contributed by atoms with van der Waals surface area (Å²) in [6, 6.07) is 12.8. The van der Waals surface area contributed by atoms with Crippen molar-refractivity contribution in [3.63, 3.8) is 0 Å². The predicted molar refractivity (Wildman–Crippen MR) is 131 cm³/mol. The summed E-state index contributed by atoms with van der Waals surface area (Å²) in [4.78, 5) is 44.3. The first-order valence-electron chi connectivity index (χ1n) is 11.7. The quantitative estimate of drug-likeness (QED) is 0.542. The van der Waals surface area contributed by atoms with E-state index in [0.29, 0.717) is 44.3 Å². The molecule has 2 aliphatic heterocycles. The third kappa shape index (κ3) is 4.17. The first-order chi connectivity index (χ1) is 16.4. The monoisotopic (exact) mass is 459 g/mol. The molecular formula is C26H29N5O3. The second kappa shape index (κ2) is 8.95. The lowest BCUT2D eigenvalue weighted by Crippen LogP contribution is -2.51. The molecule has 8 heteroatoms. The second-order valence-electron chi connectivity index (χ2n) is 9.22. The summed E-state index contributed by atoms with van der Waals surface area (Å²) in [5.41, 5.74) is 10.7. The van der Waals surface area contributed by atoms with Gasteiger partial charge in [-0.15, -0.1) is 0 Å². The average molecular weight is 460 g/mol. The van der Waals surface area contributed by atoms with Gasteiger partial charge in [-0.05, 0) is 54.7 Å². The molecule has 0 saturated carbocycles. The highest BCUT2D eigenvalue weighted by Crippen LogP contribution is 2.28. The number of hydrogen-bond acceptors (Lipinski definition) is 4. The number of anilines is 1. The van der Waals surface area contributed by atoms with Crippen LogP contribution in [0.1, 0.15) is 34.3 Å². The fourth-order valence-corrected chi connectivity index (χ4v) is 4.98. The van der Waals surface area contributed by atoms with E-state index in [4.69, 9.17) is 5.73 Å². The summed E-state index contributed by atoms with van der Waals surface area (Å²) < 4.78 is 0. The van der Waals surface area contributed by atoms with E-state index >= 15 is 0 Å². The lowest BCUT2D eigenvalue weighted by atomic mass is 10.0. The summed E-state index contributed by atoms with van der Waals surface area (Å²) in [7, 11) is 1.75. The van der Waals surface area contributed by atoms with Gasteiger partial charge >= 0.3 is 0 Å². The fraction of sp³-hybridized carbons (Fsp3) is 0.346. The Morgan fingerprint density at radius 2 is 1.94 bits per heavy atom. The minimum atomic E-state index is -0.599. The number of nitrogens with one attached hydrogen (secondary N) is 2. The molecule has 0 spiro atoms. The maximum Gasteiger partial charge on any atom is 0.251 e. The Morgan fingerprint density at radius 1 is 1.18 bits per heavy atom. The molecule has 3 aromatic rings. The molecular weight excluding hydrogens is 430 g/mol. The molecule has 0 bridgehead atoms. The van der Waals surface area contributed by atoms with Crippen LogP contribution in [-0.4, -0.2) is 59.8 Å². The van der Waals surface area contributed by atoms with Crippen molar-refractivity contribution in [1.29, 1.82) is 0 Å². The molecule has 3 amide bonds. The highest BCUT2D eigenvalue weighted by atomic mass is 16.2. The zero-order valence-corrected chi connectivity index (χ0v) is 19.2. The zero-order valence-electron chi connectivity index (χ0n) is 19.2. The average Bonchev–Trinajstić information content (AvgIpc) is 3.38. The molecule has 0 unspecified atom stereocenters. The molecule has 3 heterocycles. The van der Waals surface area contributed by atoms with Crippen molar-refractivity contribution in [2.45, 2.75) is 37.8 Å². The van der Waals surface area contributed by atoms with Gasteiger partial charge < -0.3 is 25.8 Å². The summed E-state index contributed by atoms with van der Waals surface area (Å²) in [6.07, 6.45) is 4.10. The van der Waals surface area contributed by atoms with Gasteiger partial charge in [0.25, 0.3) is 5.91 Å². The van der Waals surface area contributed by atoms with Crippen LogP contribution in [0.3, 0.4) is 0 Å². The van der Waals surface area contributed by atoms with Gasteiger partial charge in [0.2, 0.25) is 11.8 Å². The third-order valence-corrected chi connectivity index (χ3v) is 6.99. The number of H-pyrrole nitrogens is 1. The number of benzene rings is 2. The highest BCUT2D eigenvalue weighted by molar-refractivity contribution is 6.03. The third-order valence-electron chi connectivity index (χ3n) is 6.99. The number of nitrogens with two attached hydrogens (primary N) is 1. The van der Waals surface area contributed by atoms with Crippen LogP contribution in [0.15, 0.2) is 48.7 Å². The van der Waals surface area contributed by atoms with Gasteiger partial charge in [0.15, 0.2) is 0 Å². The van der Waals surface area contributed by atoms with Crippen LogP contribution in [0.4, 0.5) is 5.69 Å². The number of fused-ring (bicyclic) bond motifs is 2. The van der Waals surface area contributed by atoms with Crippen molar-refractivity contribution >= 4 is 34.3 Å². The summed E-state index contributed by atoms with van der Waals surface area (Å²) in [5.74, 6) is -0.166. The van der Waals surface area contributed by atoms with Crippen molar-refractivity contribution in [3.8, 4) is 0 Å². The number of piperidine rings is 1. The van der Waals surface area contributed by atoms with Gasteiger partial charge in [0, 0.05) is 54.5 Å².